The van der Waals surface area contributed by atoms with E-state index in [1.165, 1.54) is 51.4 Å². The predicted octanol–water partition coefficient (Wildman–Crippen LogP) is 3.75. The minimum absolute atomic E-state index is 0.559. The molecule has 2 heteroatoms. The number of nitrogens with one attached hydrogen (secondary N) is 1. The van der Waals surface area contributed by atoms with Gasteiger partial charge < -0.3 is 10.1 Å². The Morgan fingerprint density at radius 1 is 1.24 bits per heavy atom. The summed E-state index contributed by atoms with van der Waals surface area (Å²) in [6, 6.07) is 0.673. The van der Waals surface area contributed by atoms with Crippen LogP contribution in [-0.4, -0.2) is 25.8 Å². The zero-order chi connectivity index (χ0) is 12.5. The molecule has 0 radical (unpaired) electrons. The summed E-state index contributed by atoms with van der Waals surface area (Å²) in [6.07, 6.45) is 11.0. The van der Waals surface area contributed by atoms with E-state index in [4.69, 9.17) is 4.74 Å². The summed E-state index contributed by atoms with van der Waals surface area (Å²) in [4.78, 5) is 0. The van der Waals surface area contributed by atoms with Crippen LogP contribution in [0.2, 0.25) is 0 Å². The van der Waals surface area contributed by atoms with E-state index in [0.717, 1.165) is 12.5 Å². The molecule has 102 valence electrons. The smallest absolute Gasteiger partial charge is 0.0603 e. The summed E-state index contributed by atoms with van der Waals surface area (Å²) in [5.74, 6) is 0.829. The van der Waals surface area contributed by atoms with Crippen molar-refractivity contribution in [1.82, 2.24) is 5.32 Å². The molecule has 1 aliphatic rings. The number of rotatable bonds is 8. The zero-order valence-corrected chi connectivity index (χ0v) is 12.0. The van der Waals surface area contributed by atoms with Gasteiger partial charge in [-0.2, -0.15) is 0 Å². The first-order chi connectivity index (χ1) is 8.31. The molecule has 0 heterocycles. The maximum atomic E-state index is 6.10. The molecule has 2 nitrogen and oxygen atoms in total. The highest BCUT2D eigenvalue weighted by Gasteiger charge is 2.23. The second-order valence-corrected chi connectivity index (χ2v) is 5.40. The Hall–Kier alpha value is -0.0800. The van der Waals surface area contributed by atoms with Crippen molar-refractivity contribution in [3.8, 4) is 0 Å². The molecular formula is C15H31NO. The number of ether oxygens (including phenoxy) is 1. The van der Waals surface area contributed by atoms with Crippen molar-refractivity contribution < 1.29 is 4.74 Å². The van der Waals surface area contributed by atoms with Crippen molar-refractivity contribution in [3.63, 3.8) is 0 Å². The van der Waals surface area contributed by atoms with E-state index < -0.39 is 0 Å². The average molecular weight is 241 g/mol. The van der Waals surface area contributed by atoms with Crippen LogP contribution in [0.1, 0.15) is 65.2 Å². The molecule has 0 bridgehead atoms. The van der Waals surface area contributed by atoms with Crippen LogP contribution in [0.25, 0.3) is 0 Å². The SMILES string of the molecule is CCC(CCCOC1CCCCC1CC)NC. The fraction of sp³-hybridized carbons (Fsp3) is 1.00. The lowest BCUT2D eigenvalue weighted by molar-refractivity contribution is -0.0140. The monoisotopic (exact) mass is 241 g/mol. The maximum absolute atomic E-state index is 6.10. The van der Waals surface area contributed by atoms with Crippen LogP contribution in [0, 0.1) is 5.92 Å². The largest absolute Gasteiger partial charge is 0.378 e. The molecule has 0 aromatic carbocycles. The van der Waals surface area contributed by atoms with Gasteiger partial charge in [-0.25, -0.2) is 0 Å². The molecular weight excluding hydrogens is 210 g/mol. The van der Waals surface area contributed by atoms with Crippen molar-refractivity contribution >= 4 is 0 Å². The van der Waals surface area contributed by atoms with Crippen molar-refractivity contribution in [3.05, 3.63) is 0 Å². The molecule has 3 atom stereocenters. The standard InChI is InChI=1S/C15H31NO/c1-4-13-9-6-7-11-15(13)17-12-8-10-14(5-2)16-3/h13-16H,4-12H2,1-3H3. The Bertz CT molecular complexity index is 180. The first-order valence-electron chi connectivity index (χ1n) is 7.60. The van der Waals surface area contributed by atoms with Gasteiger partial charge in [-0.05, 0) is 45.1 Å². The third kappa shape index (κ3) is 5.39. The lowest BCUT2D eigenvalue weighted by Crippen LogP contribution is -2.28. The van der Waals surface area contributed by atoms with Crippen LogP contribution in [0.3, 0.4) is 0 Å². The van der Waals surface area contributed by atoms with Crippen LogP contribution in [-0.2, 0) is 4.74 Å². The zero-order valence-electron chi connectivity index (χ0n) is 12.0. The quantitative estimate of drug-likeness (QED) is 0.653. The van der Waals surface area contributed by atoms with Gasteiger partial charge in [0.15, 0.2) is 0 Å². The van der Waals surface area contributed by atoms with E-state index >= 15 is 0 Å². The molecule has 0 aliphatic heterocycles. The predicted molar refractivity (Wildman–Crippen MR) is 74.4 cm³/mol. The molecule has 1 saturated carbocycles. The Morgan fingerprint density at radius 3 is 2.65 bits per heavy atom. The van der Waals surface area contributed by atoms with Crippen LogP contribution in [0.5, 0.6) is 0 Å². The lowest BCUT2D eigenvalue weighted by atomic mass is 9.85. The van der Waals surface area contributed by atoms with E-state index in [1.54, 1.807) is 0 Å². The van der Waals surface area contributed by atoms with Gasteiger partial charge in [0.2, 0.25) is 0 Å². The third-order valence-electron chi connectivity index (χ3n) is 4.29. The van der Waals surface area contributed by atoms with Gasteiger partial charge in [0, 0.05) is 12.6 Å². The summed E-state index contributed by atoms with van der Waals surface area (Å²) < 4.78 is 6.10. The van der Waals surface area contributed by atoms with Crippen LogP contribution in [0.15, 0.2) is 0 Å². The molecule has 0 saturated heterocycles. The molecule has 0 spiro atoms. The fourth-order valence-corrected chi connectivity index (χ4v) is 2.98. The van der Waals surface area contributed by atoms with Gasteiger partial charge in [0.1, 0.15) is 0 Å². The molecule has 0 aromatic rings. The number of hydrogen-bond donors (Lipinski definition) is 1. The highest BCUT2D eigenvalue weighted by molar-refractivity contribution is 4.75. The van der Waals surface area contributed by atoms with Gasteiger partial charge in [-0.15, -0.1) is 0 Å². The van der Waals surface area contributed by atoms with Gasteiger partial charge in [0.25, 0.3) is 0 Å². The van der Waals surface area contributed by atoms with Gasteiger partial charge in [-0.3, -0.25) is 0 Å². The minimum Gasteiger partial charge on any atom is -0.378 e. The van der Waals surface area contributed by atoms with Gasteiger partial charge >= 0.3 is 0 Å². The molecule has 0 aromatic heterocycles. The summed E-state index contributed by atoms with van der Waals surface area (Å²) in [5, 5.41) is 3.35. The topological polar surface area (TPSA) is 21.3 Å². The molecule has 0 amide bonds. The molecule has 1 fully saturated rings. The Balaban J connectivity index is 2.12. The normalized spacial score (nSPS) is 27.0. The van der Waals surface area contributed by atoms with Crippen LogP contribution >= 0.6 is 0 Å². The van der Waals surface area contributed by atoms with E-state index in [-0.39, 0.29) is 0 Å². The van der Waals surface area contributed by atoms with Crippen molar-refractivity contribution in [2.75, 3.05) is 13.7 Å². The third-order valence-corrected chi connectivity index (χ3v) is 4.29. The summed E-state index contributed by atoms with van der Waals surface area (Å²) in [5.41, 5.74) is 0. The second-order valence-electron chi connectivity index (χ2n) is 5.40. The molecule has 1 aliphatic carbocycles. The van der Waals surface area contributed by atoms with E-state index in [1.807, 2.05) is 0 Å². The van der Waals surface area contributed by atoms with Gasteiger partial charge in [0.05, 0.1) is 6.10 Å². The van der Waals surface area contributed by atoms with Gasteiger partial charge in [-0.1, -0.05) is 33.1 Å². The van der Waals surface area contributed by atoms with Crippen molar-refractivity contribution in [2.24, 2.45) is 5.92 Å². The van der Waals surface area contributed by atoms with Crippen molar-refractivity contribution in [2.45, 2.75) is 77.4 Å². The maximum Gasteiger partial charge on any atom is 0.0603 e. The fourth-order valence-electron chi connectivity index (χ4n) is 2.98. The highest BCUT2D eigenvalue weighted by Crippen LogP contribution is 2.29. The second kappa shape index (κ2) is 8.93. The molecule has 17 heavy (non-hydrogen) atoms. The Kier molecular flexibility index (Phi) is 7.87. The minimum atomic E-state index is 0.559. The first kappa shape index (κ1) is 15.0. The van der Waals surface area contributed by atoms with Crippen LogP contribution in [0.4, 0.5) is 0 Å². The average Bonchev–Trinajstić information content (AvgIpc) is 2.39. The van der Waals surface area contributed by atoms with Crippen molar-refractivity contribution in [1.29, 1.82) is 0 Å². The van der Waals surface area contributed by atoms with Crippen LogP contribution < -0.4 is 5.32 Å². The lowest BCUT2D eigenvalue weighted by Gasteiger charge is -2.31. The Labute approximate surface area is 108 Å². The molecule has 1 N–H and O–H groups in total. The highest BCUT2D eigenvalue weighted by atomic mass is 16.5. The number of hydrogen-bond acceptors (Lipinski definition) is 2. The molecule has 3 unspecified atom stereocenters. The summed E-state index contributed by atoms with van der Waals surface area (Å²) in [6.45, 7) is 5.51. The Morgan fingerprint density at radius 2 is 2.00 bits per heavy atom. The summed E-state index contributed by atoms with van der Waals surface area (Å²) in [7, 11) is 2.06. The summed E-state index contributed by atoms with van der Waals surface area (Å²) >= 11 is 0. The van der Waals surface area contributed by atoms with E-state index in [2.05, 4.69) is 26.2 Å². The van der Waals surface area contributed by atoms with E-state index in [0.29, 0.717) is 12.1 Å². The first-order valence-corrected chi connectivity index (χ1v) is 7.60. The molecule has 1 rings (SSSR count). The van der Waals surface area contributed by atoms with E-state index in [9.17, 15) is 0 Å².